The molecule has 15 heavy (non-hydrogen) atoms. The Bertz CT molecular complexity index is 311. The van der Waals surface area contributed by atoms with E-state index in [4.69, 9.17) is 0 Å². The molecule has 1 N–H and O–H groups in total. The van der Waals surface area contributed by atoms with E-state index < -0.39 is 0 Å². The summed E-state index contributed by atoms with van der Waals surface area (Å²) in [5.74, 6) is 1.88. The Morgan fingerprint density at radius 1 is 1.40 bits per heavy atom. The third-order valence-corrected chi connectivity index (χ3v) is 3.52. The molecule has 3 nitrogen and oxygen atoms in total. The standard InChI is InChI=1S/C11H19N3S/c1-3-5-8-7-9(8)12-11-13-10(6-4-2)14-15-11/h8-9H,3-7H2,1-2H3,(H,12,13,14). The second-order valence-electron chi connectivity index (χ2n) is 4.30. The summed E-state index contributed by atoms with van der Waals surface area (Å²) in [7, 11) is 0. The second kappa shape index (κ2) is 4.92. The number of nitrogens with one attached hydrogen (secondary N) is 1. The zero-order valence-corrected chi connectivity index (χ0v) is 10.3. The molecule has 2 rings (SSSR count). The van der Waals surface area contributed by atoms with Crippen LogP contribution in [0.4, 0.5) is 5.13 Å². The fourth-order valence-electron chi connectivity index (χ4n) is 1.91. The van der Waals surface area contributed by atoms with Gasteiger partial charge in [-0.3, -0.25) is 0 Å². The Kier molecular flexibility index (Phi) is 3.57. The van der Waals surface area contributed by atoms with E-state index in [-0.39, 0.29) is 0 Å². The molecule has 1 aliphatic rings. The summed E-state index contributed by atoms with van der Waals surface area (Å²) in [5.41, 5.74) is 0. The van der Waals surface area contributed by atoms with Crippen LogP contribution < -0.4 is 5.32 Å². The summed E-state index contributed by atoms with van der Waals surface area (Å²) in [6, 6.07) is 0.673. The van der Waals surface area contributed by atoms with E-state index in [0.29, 0.717) is 6.04 Å². The van der Waals surface area contributed by atoms with Crippen molar-refractivity contribution in [1.29, 1.82) is 0 Å². The molecule has 0 amide bonds. The van der Waals surface area contributed by atoms with E-state index in [1.54, 1.807) is 0 Å². The molecule has 1 aliphatic carbocycles. The van der Waals surface area contributed by atoms with Crippen molar-refractivity contribution in [2.75, 3.05) is 5.32 Å². The van der Waals surface area contributed by atoms with Crippen molar-refractivity contribution in [3.05, 3.63) is 5.82 Å². The quantitative estimate of drug-likeness (QED) is 0.808. The highest BCUT2D eigenvalue weighted by molar-refractivity contribution is 7.09. The third-order valence-electron chi connectivity index (χ3n) is 2.83. The lowest BCUT2D eigenvalue weighted by molar-refractivity contribution is 0.692. The van der Waals surface area contributed by atoms with Crippen molar-refractivity contribution in [1.82, 2.24) is 9.36 Å². The lowest BCUT2D eigenvalue weighted by Gasteiger charge is -1.99. The largest absolute Gasteiger partial charge is 0.357 e. The first kappa shape index (κ1) is 10.9. The van der Waals surface area contributed by atoms with Crippen LogP contribution in [0.5, 0.6) is 0 Å². The van der Waals surface area contributed by atoms with Crippen molar-refractivity contribution in [3.8, 4) is 0 Å². The molecular formula is C11H19N3S. The van der Waals surface area contributed by atoms with E-state index in [1.165, 1.54) is 30.8 Å². The van der Waals surface area contributed by atoms with Crippen LogP contribution in [0.15, 0.2) is 0 Å². The highest BCUT2D eigenvalue weighted by Gasteiger charge is 2.36. The zero-order chi connectivity index (χ0) is 10.7. The van der Waals surface area contributed by atoms with Gasteiger partial charge in [0.25, 0.3) is 0 Å². The molecule has 0 spiro atoms. The van der Waals surface area contributed by atoms with Gasteiger partial charge < -0.3 is 5.32 Å². The first-order valence-corrected chi connectivity index (χ1v) is 6.70. The SMILES string of the molecule is CCCc1nsc(NC2CC2CCC)n1. The van der Waals surface area contributed by atoms with Gasteiger partial charge in [0.2, 0.25) is 5.13 Å². The number of aryl methyl sites for hydroxylation is 1. The normalized spacial score (nSPS) is 24.1. The van der Waals surface area contributed by atoms with Gasteiger partial charge >= 0.3 is 0 Å². The molecular weight excluding hydrogens is 206 g/mol. The Morgan fingerprint density at radius 3 is 3.00 bits per heavy atom. The van der Waals surface area contributed by atoms with Crippen LogP contribution in [0.1, 0.15) is 45.4 Å². The number of hydrogen-bond acceptors (Lipinski definition) is 4. The number of anilines is 1. The van der Waals surface area contributed by atoms with Crippen LogP contribution in [0, 0.1) is 5.92 Å². The van der Waals surface area contributed by atoms with E-state index in [9.17, 15) is 0 Å². The molecule has 0 aromatic carbocycles. The highest BCUT2D eigenvalue weighted by atomic mass is 32.1. The first-order chi connectivity index (χ1) is 7.33. The van der Waals surface area contributed by atoms with E-state index >= 15 is 0 Å². The van der Waals surface area contributed by atoms with Gasteiger partial charge in [0.05, 0.1) is 0 Å². The summed E-state index contributed by atoms with van der Waals surface area (Å²) >= 11 is 1.51. The molecule has 4 heteroatoms. The summed E-state index contributed by atoms with van der Waals surface area (Å²) in [6.07, 6.45) is 6.08. The number of hydrogen-bond donors (Lipinski definition) is 1. The highest BCUT2D eigenvalue weighted by Crippen LogP contribution is 2.37. The number of nitrogens with zero attached hydrogens (tertiary/aromatic N) is 2. The Morgan fingerprint density at radius 2 is 2.27 bits per heavy atom. The molecule has 0 aliphatic heterocycles. The third kappa shape index (κ3) is 2.91. The lowest BCUT2D eigenvalue weighted by Crippen LogP contribution is -2.04. The summed E-state index contributed by atoms with van der Waals surface area (Å²) in [6.45, 7) is 4.41. The van der Waals surface area contributed by atoms with Crippen LogP contribution in [0.25, 0.3) is 0 Å². The zero-order valence-electron chi connectivity index (χ0n) is 9.49. The van der Waals surface area contributed by atoms with Crippen LogP contribution in [0.3, 0.4) is 0 Å². The van der Waals surface area contributed by atoms with E-state index in [1.807, 2.05) is 0 Å². The van der Waals surface area contributed by atoms with Crippen LogP contribution in [-0.2, 0) is 6.42 Å². The van der Waals surface area contributed by atoms with Crippen molar-refractivity contribution in [2.45, 2.75) is 52.0 Å². The van der Waals surface area contributed by atoms with Gasteiger partial charge in [0.1, 0.15) is 5.82 Å². The van der Waals surface area contributed by atoms with Gasteiger partial charge in [-0.05, 0) is 25.2 Å². The molecule has 2 atom stereocenters. The molecule has 0 bridgehead atoms. The summed E-state index contributed by atoms with van der Waals surface area (Å²) < 4.78 is 4.33. The maximum atomic E-state index is 4.47. The van der Waals surface area contributed by atoms with Crippen LogP contribution in [0.2, 0.25) is 0 Å². The Balaban J connectivity index is 1.79. The molecule has 84 valence electrons. The van der Waals surface area contributed by atoms with Crippen molar-refractivity contribution >= 4 is 16.7 Å². The Labute approximate surface area is 95.5 Å². The molecule has 1 aromatic heterocycles. The number of aromatic nitrogens is 2. The fraction of sp³-hybridized carbons (Fsp3) is 0.818. The Hall–Kier alpha value is -0.640. The summed E-state index contributed by atoms with van der Waals surface area (Å²) in [4.78, 5) is 4.47. The summed E-state index contributed by atoms with van der Waals surface area (Å²) in [5, 5.41) is 4.49. The predicted molar refractivity (Wildman–Crippen MR) is 64.3 cm³/mol. The molecule has 1 saturated carbocycles. The van der Waals surface area contributed by atoms with Gasteiger partial charge in [0.15, 0.2) is 0 Å². The van der Waals surface area contributed by atoms with Gasteiger partial charge in [-0.25, -0.2) is 4.98 Å². The predicted octanol–water partition coefficient (Wildman–Crippen LogP) is 3.09. The van der Waals surface area contributed by atoms with Crippen molar-refractivity contribution < 1.29 is 0 Å². The number of rotatable bonds is 6. The van der Waals surface area contributed by atoms with Gasteiger partial charge in [-0.15, -0.1) is 0 Å². The second-order valence-corrected chi connectivity index (χ2v) is 5.05. The van der Waals surface area contributed by atoms with Crippen molar-refractivity contribution in [2.24, 2.45) is 5.92 Å². The first-order valence-electron chi connectivity index (χ1n) is 5.92. The molecule has 1 aromatic rings. The van der Waals surface area contributed by atoms with Crippen LogP contribution >= 0.6 is 11.5 Å². The maximum Gasteiger partial charge on any atom is 0.202 e. The minimum Gasteiger partial charge on any atom is -0.357 e. The maximum absolute atomic E-state index is 4.47. The molecule has 0 radical (unpaired) electrons. The molecule has 1 heterocycles. The molecule has 1 fully saturated rings. The minimum absolute atomic E-state index is 0.673. The molecule has 2 unspecified atom stereocenters. The average molecular weight is 225 g/mol. The van der Waals surface area contributed by atoms with Crippen LogP contribution in [-0.4, -0.2) is 15.4 Å². The van der Waals surface area contributed by atoms with Gasteiger partial charge in [-0.1, -0.05) is 20.3 Å². The molecule has 0 saturated heterocycles. The minimum atomic E-state index is 0.673. The fourth-order valence-corrected chi connectivity index (χ4v) is 2.58. The average Bonchev–Trinajstić information content (AvgIpc) is 2.76. The topological polar surface area (TPSA) is 37.8 Å². The van der Waals surface area contributed by atoms with Crippen molar-refractivity contribution in [3.63, 3.8) is 0 Å². The monoisotopic (exact) mass is 225 g/mol. The lowest BCUT2D eigenvalue weighted by atomic mass is 10.2. The van der Waals surface area contributed by atoms with E-state index in [2.05, 4.69) is 28.5 Å². The smallest absolute Gasteiger partial charge is 0.202 e. The van der Waals surface area contributed by atoms with Gasteiger partial charge in [-0.2, -0.15) is 4.37 Å². The van der Waals surface area contributed by atoms with E-state index in [0.717, 1.165) is 29.7 Å². The van der Waals surface area contributed by atoms with Gasteiger partial charge in [0, 0.05) is 24.0 Å².